The average Bonchev–Trinajstić information content (AvgIpc) is 2.59. The van der Waals surface area contributed by atoms with Gasteiger partial charge in [0.05, 0.1) is 7.11 Å². The van der Waals surface area contributed by atoms with Gasteiger partial charge in [-0.05, 0) is 37.3 Å². The van der Waals surface area contributed by atoms with Crippen molar-refractivity contribution in [1.82, 2.24) is 15.2 Å². The maximum absolute atomic E-state index is 12.4. The molecule has 0 radical (unpaired) electrons. The summed E-state index contributed by atoms with van der Waals surface area (Å²) in [7, 11) is -2.83. The molecule has 1 amide bonds. The SMILES string of the molecule is COc1ccc(C(C)=O)cc1S(=O)(=O)NNC(=O)c1ccncc1. The van der Waals surface area contributed by atoms with Gasteiger partial charge < -0.3 is 4.74 Å². The summed E-state index contributed by atoms with van der Waals surface area (Å²) in [5.41, 5.74) is 2.53. The first-order valence-corrected chi connectivity index (χ1v) is 8.24. The zero-order valence-electron chi connectivity index (χ0n) is 12.9. The molecule has 2 aromatic rings. The summed E-state index contributed by atoms with van der Waals surface area (Å²) in [4.78, 5) is 28.8. The van der Waals surface area contributed by atoms with Crippen LogP contribution in [0.15, 0.2) is 47.6 Å². The second-order valence-electron chi connectivity index (χ2n) is 4.72. The Labute approximate surface area is 138 Å². The van der Waals surface area contributed by atoms with Crippen molar-refractivity contribution in [3.63, 3.8) is 0 Å². The molecule has 0 saturated heterocycles. The highest BCUT2D eigenvalue weighted by Crippen LogP contribution is 2.24. The van der Waals surface area contributed by atoms with Crippen LogP contribution in [0.25, 0.3) is 0 Å². The molecule has 0 aliphatic carbocycles. The number of carbonyl (C=O) groups excluding carboxylic acids is 2. The molecule has 1 heterocycles. The van der Waals surface area contributed by atoms with E-state index < -0.39 is 15.9 Å². The van der Waals surface area contributed by atoms with Crippen molar-refractivity contribution in [2.75, 3.05) is 7.11 Å². The van der Waals surface area contributed by atoms with Crippen LogP contribution in [-0.2, 0) is 10.0 Å². The highest BCUT2D eigenvalue weighted by Gasteiger charge is 2.22. The number of hydrogen-bond donors (Lipinski definition) is 2. The zero-order chi connectivity index (χ0) is 17.7. The predicted molar refractivity (Wildman–Crippen MR) is 85.0 cm³/mol. The van der Waals surface area contributed by atoms with Gasteiger partial charge in [-0.1, -0.05) is 0 Å². The number of Topliss-reactive ketones (excluding diaryl/α,β-unsaturated/α-hetero) is 1. The first-order valence-electron chi connectivity index (χ1n) is 6.76. The molecule has 0 aliphatic rings. The number of pyridine rings is 1. The van der Waals surface area contributed by atoms with Crippen molar-refractivity contribution >= 4 is 21.7 Å². The highest BCUT2D eigenvalue weighted by atomic mass is 32.2. The fourth-order valence-corrected chi connectivity index (χ4v) is 2.89. The van der Waals surface area contributed by atoms with Gasteiger partial charge in [-0.15, -0.1) is 4.83 Å². The smallest absolute Gasteiger partial charge is 0.266 e. The van der Waals surface area contributed by atoms with Crippen LogP contribution in [0, 0.1) is 0 Å². The fourth-order valence-electron chi connectivity index (χ4n) is 1.85. The van der Waals surface area contributed by atoms with E-state index in [4.69, 9.17) is 4.74 Å². The third-order valence-corrected chi connectivity index (χ3v) is 4.37. The van der Waals surface area contributed by atoms with Gasteiger partial charge in [0.1, 0.15) is 10.6 Å². The second kappa shape index (κ2) is 7.20. The largest absolute Gasteiger partial charge is 0.495 e. The molecule has 2 rings (SSSR count). The normalized spacial score (nSPS) is 10.9. The lowest BCUT2D eigenvalue weighted by Gasteiger charge is -2.12. The van der Waals surface area contributed by atoms with Crippen molar-refractivity contribution in [2.45, 2.75) is 11.8 Å². The molecule has 0 bridgehead atoms. The molecule has 0 fully saturated rings. The molecule has 0 saturated carbocycles. The van der Waals surface area contributed by atoms with Gasteiger partial charge in [-0.25, -0.2) is 8.42 Å². The van der Waals surface area contributed by atoms with Crippen LogP contribution in [-0.4, -0.2) is 32.2 Å². The molecule has 1 aromatic heterocycles. The summed E-state index contributed by atoms with van der Waals surface area (Å²) in [6.45, 7) is 1.32. The molecule has 24 heavy (non-hydrogen) atoms. The number of hydrogen-bond acceptors (Lipinski definition) is 6. The van der Waals surface area contributed by atoms with Crippen LogP contribution >= 0.6 is 0 Å². The van der Waals surface area contributed by atoms with Crippen molar-refractivity contribution < 1.29 is 22.7 Å². The van der Waals surface area contributed by atoms with Crippen LogP contribution in [0.3, 0.4) is 0 Å². The molecular formula is C15H15N3O5S. The lowest BCUT2D eigenvalue weighted by Crippen LogP contribution is -2.41. The summed E-state index contributed by atoms with van der Waals surface area (Å²) in [5.74, 6) is -0.900. The van der Waals surface area contributed by atoms with E-state index in [1.807, 2.05) is 4.83 Å². The summed E-state index contributed by atoms with van der Waals surface area (Å²) >= 11 is 0. The molecular weight excluding hydrogens is 334 g/mol. The van der Waals surface area contributed by atoms with Crippen LogP contribution < -0.4 is 15.0 Å². The Bertz CT molecular complexity index is 866. The molecule has 126 valence electrons. The third-order valence-electron chi connectivity index (χ3n) is 3.10. The second-order valence-corrected chi connectivity index (χ2v) is 6.37. The van der Waals surface area contributed by atoms with Crippen LogP contribution in [0.4, 0.5) is 0 Å². The molecule has 8 nitrogen and oxygen atoms in total. The lowest BCUT2D eigenvalue weighted by atomic mass is 10.1. The fraction of sp³-hybridized carbons (Fsp3) is 0.133. The maximum Gasteiger partial charge on any atom is 0.266 e. The summed E-state index contributed by atoms with van der Waals surface area (Å²) in [5, 5.41) is 0. The van der Waals surface area contributed by atoms with Crippen LogP contribution in [0.5, 0.6) is 5.75 Å². The maximum atomic E-state index is 12.4. The minimum atomic E-state index is -4.14. The number of nitrogens with one attached hydrogen (secondary N) is 2. The Kier molecular flexibility index (Phi) is 5.27. The first-order chi connectivity index (χ1) is 11.3. The van der Waals surface area contributed by atoms with E-state index in [0.29, 0.717) is 0 Å². The number of sulfonamides is 1. The number of aromatic nitrogens is 1. The third kappa shape index (κ3) is 3.94. The van der Waals surface area contributed by atoms with E-state index in [2.05, 4.69) is 10.4 Å². The zero-order valence-corrected chi connectivity index (χ0v) is 13.8. The van der Waals surface area contributed by atoms with Crippen molar-refractivity contribution in [3.8, 4) is 5.75 Å². The highest BCUT2D eigenvalue weighted by molar-refractivity contribution is 7.89. The molecule has 9 heteroatoms. The summed E-state index contributed by atoms with van der Waals surface area (Å²) in [6, 6.07) is 6.87. The van der Waals surface area contributed by atoms with Gasteiger partial charge in [0, 0.05) is 23.5 Å². The number of methoxy groups -OCH3 is 1. The van der Waals surface area contributed by atoms with Gasteiger partial charge >= 0.3 is 0 Å². The lowest BCUT2D eigenvalue weighted by molar-refractivity contribution is 0.0944. The Balaban J connectivity index is 2.25. The van der Waals surface area contributed by atoms with Crippen molar-refractivity contribution in [1.29, 1.82) is 0 Å². The molecule has 0 atom stereocenters. The minimum absolute atomic E-state index is 0.0469. The molecule has 0 spiro atoms. The van der Waals surface area contributed by atoms with Gasteiger partial charge in [-0.2, -0.15) is 0 Å². The van der Waals surface area contributed by atoms with E-state index in [0.717, 1.165) is 0 Å². The predicted octanol–water partition coefficient (Wildman–Crippen LogP) is 0.916. The number of ketones is 1. The van der Waals surface area contributed by atoms with E-state index in [-0.39, 0.29) is 27.6 Å². The van der Waals surface area contributed by atoms with Crippen LogP contribution in [0.1, 0.15) is 27.6 Å². The molecule has 0 aliphatic heterocycles. The van der Waals surface area contributed by atoms with E-state index >= 15 is 0 Å². The van der Waals surface area contributed by atoms with Gasteiger partial charge in [0.15, 0.2) is 5.78 Å². The quantitative estimate of drug-likeness (QED) is 0.592. The standard InChI is InChI=1S/C15H15N3O5S/c1-10(19)12-3-4-13(23-2)14(9-12)24(21,22)18-17-15(20)11-5-7-16-8-6-11/h3-9,18H,1-2H3,(H,17,20). The summed E-state index contributed by atoms with van der Waals surface area (Å²) < 4.78 is 29.8. The number of hydrazine groups is 1. The number of benzene rings is 1. The Morgan fingerprint density at radius 1 is 1.08 bits per heavy atom. The number of nitrogens with zero attached hydrogens (tertiary/aromatic N) is 1. The van der Waals surface area contributed by atoms with Gasteiger partial charge in [-0.3, -0.25) is 20.0 Å². The van der Waals surface area contributed by atoms with Gasteiger partial charge in [0.2, 0.25) is 0 Å². The number of ether oxygens (including phenoxy) is 1. The molecule has 2 N–H and O–H groups in total. The molecule has 1 aromatic carbocycles. The first kappa shape index (κ1) is 17.6. The molecule has 0 unspecified atom stereocenters. The number of amides is 1. The van der Waals surface area contributed by atoms with Crippen molar-refractivity contribution in [3.05, 3.63) is 53.9 Å². The van der Waals surface area contributed by atoms with E-state index in [1.54, 1.807) is 0 Å². The number of carbonyl (C=O) groups is 2. The Morgan fingerprint density at radius 2 is 1.75 bits per heavy atom. The van der Waals surface area contributed by atoms with E-state index in [1.165, 1.54) is 56.8 Å². The van der Waals surface area contributed by atoms with E-state index in [9.17, 15) is 18.0 Å². The van der Waals surface area contributed by atoms with Crippen molar-refractivity contribution in [2.24, 2.45) is 0 Å². The Morgan fingerprint density at radius 3 is 2.33 bits per heavy atom. The topological polar surface area (TPSA) is 114 Å². The monoisotopic (exact) mass is 349 g/mol. The Hall–Kier alpha value is -2.78. The van der Waals surface area contributed by atoms with Gasteiger partial charge in [0.25, 0.3) is 15.9 Å². The van der Waals surface area contributed by atoms with Crippen LogP contribution in [0.2, 0.25) is 0 Å². The number of rotatable bonds is 6. The average molecular weight is 349 g/mol. The minimum Gasteiger partial charge on any atom is -0.495 e. The summed E-state index contributed by atoms with van der Waals surface area (Å²) in [6.07, 6.45) is 2.81.